The van der Waals surface area contributed by atoms with Crippen LogP contribution in [0.1, 0.15) is 29.6 Å². The van der Waals surface area contributed by atoms with Gasteiger partial charge < -0.3 is 15.5 Å². The number of halogens is 2. The van der Waals surface area contributed by atoms with Crippen molar-refractivity contribution >= 4 is 11.8 Å². The fourth-order valence-corrected chi connectivity index (χ4v) is 3.87. The first-order valence-corrected chi connectivity index (χ1v) is 8.75. The summed E-state index contributed by atoms with van der Waals surface area (Å²) in [5, 5.41) is 0. The summed E-state index contributed by atoms with van der Waals surface area (Å²) in [7, 11) is 0. The monoisotopic (exact) mass is 351 g/mol. The predicted molar refractivity (Wildman–Crippen MR) is 88.7 cm³/mol. The number of hydrogen-bond acceptors (Lipinski definition) is 3. The Morgan fingerprint density at radius 2 is 1.64 bits per heavy atom. The second-order valence-corrected chi connectivity index (χ2v) is 6.75. The normalized spacial score (nSPS) is 23.8. The Hall–Kier alpha value is -2.02. The third-order valence-corrected chi connectivity index (χ3v) is 5.33. The third-order valence-electron chi connectivity index (χ3n) is 5.33. The van der Waals surface area contributed by atoms with Crippen LogP contribution in [0, 0.1) is 23.5 Å². The minimum Gasteiger partial charge on any atom is -0.339 e. The topological polar surface area (TPSA) is 66.6 Å². The van der Waals surface area contributed by atoms with Crippen LogP contribution < -0.4 is 5.73 Å². The van der Waals surface area contributed by atoms with Crippen LogP contribution >= 0.6 is 0 Å². The summed E-state index contributed by atoms with van der Waals surface area (Å²) in [5.41, 5.74) is 5.22. The first-order chi connectivity index (χ1) is 12.0. The van der Waals surface area contributed by atoms with E-state index in [1.807, 2.05) is 0 Å². The van der Waals surface area contributed by atoms with Gasteiger partial charge in [0.05, 0.1) is 0 Å². The number of nitrogens with two attached hydrogens (primary N) is 1. The molecule has 1 aromatic rings. The van der Waals surface area contributed by atoms with Crippen molar-refractivity contribution in [3.8, 4) is 0 Å². The summed E-state index contributed by atoms with van der Waals surface area (Å²) >= 11 is 0. The van der Waals surface area contributed by atoms with Gasteiger partial charge in [-0.25, -0.2) is 8.78 Å². The zero-order valence-electron chi connectivity index (χ0n) is 14.1. The zero-order valence-corrected chi connectivity index (χ0v) is 14.1. The van der Waals surface area contributed by atoms with Gasteiger partial charge in [0, 0.05) is 32.1 Å². The molecule has 2 N–H and O–H groups in total. The molecule has 5 nitrogen and oxygen atoms in total. The standard InChI is InChI=1S/C18H23F2N3O2/c19-14-5-2-6-15(20)16(14)18(25)23-9-7-22(8-10-23)17(24)13-4-1-3-12(13)11-21/h2,5-6,12-13H,1,3-4,7-11,21H2/t12-,13-/m1/s1. The highest BCUT2D eigenvalue weighted by molar-refractivity contribution is 5.95. The van der Waals surface area contributed by atoms with Crippen molar-refractivity contribution in [1.29, 1.82) is 0 Å². The van der Waals surface area contributed by atoms with Gasteiger partial charge in [-0.1, -0.05) is 12.5 Å². The Balaban J connectivity index is 1.62. The van der Waals surface area contributed by atoms with Crippen molar-refractivity contribution in [2.75, 3.05) is 32.7 Å². The Morgan fingerprint density at radius 3 is 2.24 bits per heavy atom. The second kappa shape index (κ2) is 7.47. The predicted octanol–water partition coefficient (Wildman–Crippen LogP) is 1.62. The molecule has 0 aromatic heterocycles. The molecule has 0 spiro atoms. The molecule has 1 aromatic carbocycles. The molecule has 2 fully saturated rings. The van der Waals surface area contributed by atoms with E-state index in [0.29, 0.717) is 19.6 Å². The third kappa shape index (κ3) is 3.51. The highest BCUT2D eigenvalue weighted by Gasteiger charge is 2.36. The van der Waals surface area contributed by atoms with Crippen molar-refractivity contribution in [2.45, 2.75) is 19.3 Å². The number of piperazine rings is 1. The molecule has 3 rings (SSSR count). The van der Waals surface area contributed by atoms with Gasteiger partial charge in [0.1, 0.15) is 17.2 Å². The lowest BCUT2D eigenvalue weighted by Gasteiger charge is -2.36. The van der Waals surface area contributed by atoms with Gasteiger partial charge in [0.25, 0.3) is 5.91 Å². The van der Waals surface area contributed by atoms with Crippen LogP contribution in [0.15, 0.2) is 18.2 Å². The van der Waals surface area contributed by atoms with E-state index in [1.165, 1.54) is 11.0 Å². The van der Waals surface area contributed by atoms with Crippen molar-refractivity contribution in [3.63, 3.8) is 0 Å². The van der Waals surface area contributed by atoms with Gasteiger partial charge in [0.15, 0.2) is 0 Å². The molecule has 1 saturated heterocycles. The molecule has 2 amide bonds. The molecular weight excluding hydrogens is 328 g/mol. The van der Waals surface area contributed by atoms with E-state index in [0.717, 1.165) is 31.4 Å². The van der Waals surface area contributed by atoms with Crippen LogP contribution in [0.3, 0.4) is 0 Å². The van der Waals surface area contributed by atoms with E-state index in [-0.39, 0.29) is 30.8 Å². The Labute approximate surface area is 145 Å². The maximum Gasteiger partial charge on any atom is 0.259 e. The van der Waals surface area contributed by atoms with Crippen LogP contribution in [0.25, 0.3) is 0 Å². The lowest BCUT2D eigenvalue weighted by molar-refractivity contribution is -0.138. The fourth-order valence-electron chi connectivity index (χ4n) is 3.87. The lowest BCUT2D eigenvalue weighted by Crippen LogP contribution is -2.52. The molecule has 2 aliphatic rings. The van der Waals surface area contributed by atoms with Crippen LogP contribution in [0.5, 0.6) is 0 Å². The molecule has 2 atom stereocenters. The summed E-state index contributed by atoms with van der Waals surface area (Å²) in [6.07, 6.45) is 2.86. The van der Waals surface area contributed by atoms with Crippen molar-refractivity contribution in [3.05, 3.63) is 35.4 Å². The number of carbonyl (C=O) groups excluding carboxylic acids is 2. The van der Waals surface area contributed by atoms with Crippen LogP contribution in [0.2, 0.25) is 0 Å². The highest BCUT2D eigenvalue weighted by Crippen LogP contribution is 2.32. The van der Waals surface area contributed by atoms with E-state index in [4.69, 9.17) is 5.73 Å². The van der Waals surface area contributed by atoms with Gasteiger partial charge in [-0.05, 0) is 37.4 Å². The summed E-state index contributed by atoms with van der Waals surface area (Å²) in [6, 6.07) is 3.37. The molecule has 0 radical (unpaired) electrons. The first kappa shape index (κ1) is 17.8. The average molecular weight is 351 g/mol. The van der Waals surface area contributed by atoms with E-state index < -0.39 is 23.1 Å². The SMILES string of the molecule is NC[C@H]1CCC[C@H]1C(=O)N1CCN(C(=O)c2c(F)cccc2F)CC1. The van der Waals surface area contributed by atoms with Gasteiger partial charge in [0.2, 0.25) is 5.91 Å². The van der Waals surface area contributed by atoms with Gasteiger partial charge in [-0.15, -0.1) is 0 Å². The molecule has 1 aliphatic heterocycles. The maximum atomic E-state index is 13.8. The number of hydrogen-bond donors (Lipinski definition) is 1. The Morgan fingerprint density at radius 1 is 1.04 bits per heavy atom. The number of amides is 2. The van der Waals surface area contributed by atoms with Gasteiger partial charge >= 0.3 is 0 Å². The van der Waals surface area contributed by atoms with Crippen molar-refractivity contribution in [1.82, 2.24) is 9.80 Å². The Bertz CT molecular complexity index is 639. The van der Waals surface area contributed by atoms with Crippen molar-refractivity contribution < 1.29 is 18.4 Å². The van der Waals surface area contributed by atoms with Gasteiger partial charge in [-0.3, -0.25) is 9.59 Å². The summed E-state index contributed by atoms with van der Waals surface area (Å²) in [4.78, 5) is 28.2. The minimum atomic E-state index is -0.861. The van der Waals surface area contributed by atoms with Crippen molar-refractivity contribution in [2.24, 2.45) is 17.6 Å². The van der Waals surface area contributed by atoms with Gasteiger partial charge in [-0.2, -0.15) is 0 Å². The largest absolute Gasteiger partial charge is 0.339 e. The molecule has 1 saturated carbocycles. The zero-order chi connectivity index (χ0) is 18.0. The van der Waals surface area contributed by atoms with E-state index in [1.54, 1.807) is 4.90 Å². The summed E-state index contributed by atoms with van der Waals surface area (Å²) in [5.74, 6) is -2.09. The minimum absolute atomic E-state index is 0.0312. The summed E-state index contributed by atoms with van der Waals surface area (Å²) < 4.78 is 27.6. The molecule has 136 valence electrons. The van der Waals surface area contributed by atoms with Crippen LogP contribution in [0.4, 0.5) is 8.78 Å². The molecule has 0 unspecified atom stereocenters. The van der Waals surface area contributed by atoms with Crippen LogP contribution in [-0.2, 0) is 4.79 Å². The molecule has 1 aliphatic carbocycles. The van der Waals surface area contributed by atoms with E-state index in [9.17, 15) is 18.4 Å². The number of nitrogens with zero attached hydrogens (tertiary/aromatic N) is 2. The lowest BCUT2D eigenvalue weighted by atomic mass is 9.94. The molecule has 1 heterocycles. The van der Waals surface area contributed by atoms with E-state index in [2.05, 4.69) is 0 Å². The van der Waals surface area contributed by atoms with E-state index >= 15 is 0 Å². The second-order valence-electron chi connectivity index (χ2n) is 6.75. The summed E-state index contributed by atoms with van der Waals surface area (Å²) in [6.45, 7) is 1.83. The highest BCUT2D eigenvalue weighted by atomic mass is 19.1. The maximum absolute atomic E-state index is 13.8. The smallest absolute Gasteiger partial charge is 0.259 e. The molecule has 0 bridgehead atoms. The molecule has 7 heteroatoms. The van der Waals surface area contributed by atoms with Crippen LogP contribution in [-0.4, -0.2) is 54.3 Å². The quantitative estimate of drug-likeness (QED) is 0.900. The molecular formula is C18H23F2N3O2. The number of benzene rings is 1. The molecule has 25 heavy (non-hydrogen) atoms. The number of carbonyl (C=O) groups is 2. The Kier molecular flexibility index (Phi) is 5.32. The number of rotatable bonds is 3. The average Bonchev–Trinajstić information content (AvgIpc) is 3.09. The fraction of sp³-hybridized carbons (Fsp3) is 0.556. The first-order valence-electron chi connectivity index (χ1n) is 8.75.